The van der Waals surface area contributed by atoms with Gasteiger partial charge in [-0.2, -0.15) is 0 Å². The van der Waals surface area contributed by atoms with E-state index in [4.69, 9.17) is 23.0 Å². The fourth-order valence-electron chi connectivity index (χ4n) is 19.6. The Kier molecular flexibility index (Phi) is 19.9. The van der Waals surface area contributed by atoms with Crippen molar-refractivity contribution in [2.75, 3.05) is 19.6 Å². The SMILES string of the molecule is Brc1ccc2c(c1)-c1ccccc1-c1ccccc1N2c1cc(-c2ccccc2)cc(-c2ccccc2)c1.I.[2H]c1c([2H])c([2H])c(N2c3ccccc3-c3ccccc3-c3cc(-c4ccc5c(c4)-c4ccccc4-c4ccccc4N5c4cc(-c5ccccc5)cc(-c5ccccc5)c4)ccc32)c([2H])c1[2H].[2H]c1c([2H])c([2H])c(N2c3ccccc3-c3ccccc3-c3cc(B4OC(C)(C)C(C)(C)O4)ccc32)c([2H])c1[2H].[HH]. The molecule has 648 valence electrons. The molecule has 5 heterocycles. The van der Waals surface area contributed by atoms with Crippen LogP contribution in [0.25, 0.3) is 145 Å². The van der Waals surface area contributed by atoms with Crippen molar-refractivity contribution in [3.05, 3.63) is 490 Å². The molecule has 9 heteroatoms. The number of hydrogen-bond acceptors (Lipinski definition) is 6. The summed E-state index contributed by atoms with van der Waals surface area (Å²) in [5.41, 5.74) is 37.7. The van der Waals surface area contributed by atoms with Crippen molar-refractivity contribution >= 4 is 121 Å². The van der Waals surface area contributed by atoms with E-state index in [9.17, 15) is 0 Å². The van der Waals surface area contributed by atoms with Gasteiger partial charge in [-0.1, -0.05) is 368 Å². The maximum Gasteiger partial charge on any atom is 0.494 e. The van der Waals surface area contributed by atoms with E-state index in [2.05, 4.69) is 341 Å². The molecule has 1 fully saturated rings. The minimum Gasteiger partial charge on any atom is -0.399 e. The summed E-state index contributed by atoms with van der Waals surface area (Å²) in [6.07, 6.45) is 0. The Labute approximate surface area is 831 Å². The quantitative estimate of drug-likeness (QED) is 0.100. The van der Waals surface area contributed by atoms with Gasteiger partial charge in [0.15, 0.2) is 0 Å². The zero-order valence-corrected chi connectivity index (χ0v) is 78.3. The highest BCUT2D eigenvalue weighted by Gasteiger charge is 2.52. The van der Waals surface area contributed by atoms with Crippen LogP contribution in [0.2, 0.25) is 0 Å². The summed E-state index contributed by atoms with van der Waals surface area (Å²) in [6, 6.07) is 145. The summed E-state index contributed by atoms with van der Waals surface area (Å²) in [4.78, 5) is 8.48. The molecule has 0 radical (unpaired) electrons. The van der Waals surface area contributed by atoms with Crippen LogP contribution in [0.1, 0.15) is 42.8 Å². The molecule has 20 aromatic carbocycles. The van der Waals surface area contributed by atoms with Crippen LogP contribution < -0.4 is 25.1 Å². The van der Waals surface area contributed by atoms with Crippen molar-refractivity contribution < 1.29 is 24.4 Å². The molecular formula is C126H95BBrIN4O2. The molecule has 5 aliphatic rings. The predicted molar refractivity (Wildman–Crippen MR) is 584 cm³/mol. The second kappa shape index (κ2) is 36.1. The highest BCUT2D eigenvalue weighted by Crippen LogP contribution is 2.58. The van der Waals surface area contributed by atoms with E-state index >= 15 is 0 Å². The van der Waals surface area contributed by atoms with E-state index in [1.54, 1.807) is 4.90 Å². The summed E-state index contributed by atoms with van der Waals surface area (Å²) >= 11 is 3.74. The topological polar surface area (TPSA) is 31.4 Å². The van der Waals surface area contributed by atoms with Crippen molar-refractivity contribution in [3.8, 4) is 145 Å². The van der Waals surface area contributed by atoms with Crippen LogP contribution in [-0.4, -0.2) is 18.3 Å². The summed E-state index contributed by atoms with van der Waals surface area (Å²) in [7, 11) is -0.577. The summed E-state index contributed by atoms with van der Waals surface area (Å²) in [5.74, 6) is 0. The lowest BCUT2D eigenvalue weighted by Gasteiger charge is -2.32. The van der Waals surface area contributed by atoms with Crippen LogP contribution in [0, 0.1) is 0 Å². The van der Waals surface area contributed by atoms with Gasteiger partial charge in [0.05, 0.1) is 70.4 Å². The number of nitrogens with zero attached hydrogens (tertiary/aromatic N) is 4. The van der Waals surface area contributed by atoms with Gasteiger partial charge in [0.2, 0.25) is 0 Å². The van der Waals surface area contributed by atoms with E-state index in [-0.39, 0.29) is 85.1 Å². The average molecular weight is 1920 g/mol. The lowest BCUT2D eigenvalue weighted by Crippen LogP contribution is -2.41. The third-order valence-electron chi connectivity index (χ3n) is 26.6. The Morgan fingerprint density at radius 3 is 0.763 bits per heavy atom. The first-order valence-electron chi connectivity index (χ1n) is 50.2. The second-order valence-electron chi connectivity index (χ2n) is 35.0. The van der Waals surface area contributed by atoms with Gasteiger partial charge in [0.1, 0.15) is 0 Å². The molecule has 6 nitrogen and oxygen atoms in total. The van der Waals surface area contributed by atoms with Gasteiger partial charge >= 0.3 is 7.12 Å². The largest absolute Gasteiger partial charge is 0.494 e. The lowest BCUT2D eigenvalue weighted by molar-refractivity contribution is 0.00578. The standard InChI is InChI=1S/C60H40N2.C36H24BrN.C30H28BNO2.HI.H2/c1-4-18-41(19-5-1)45-36-46(42-20-6-2-7-21-42)38-48(37-45)62-58-31-17-15-29-54(58)50-25-11-13-27-52(50)56-40-44(33-35-60(56)62)43-32-34-59-55(39-43)51-26-12-10-24-49(51)53-28-14-16-30-57(53)61(59)47-22-8-3-9-23-47;37-29-19-20-36-34(24-29)32-16-8-7-15-31(32)33-17-9-10-18-35(33)38(36)30-22-27(25-11-3-1-4-12-25)21-28(23-30)26-13-5-2-6-14-26;1-29(2)30(3,4)34-31(33-29)21-18-19-28-26(20-21)24-15-9-8-14-23(24)25-16-10-11-17-27(25)32(28)22-12-6-5-7-13-22;;/h1-40H;1-24H;5-20H,1-4H3;2*1H/i3D,8D,9D,22D,23D;;5D,6D,7D,12D,13D;;. The Hall–Kier alpha value is -15.2. The first-order valence-corrected chi connectivity index (χ1v) is 46.0. The smallest absolute Gasteiger partial charge is 0.399 e. The molecule has 135 heavy (non-hydrogen) atoms. The van der Waals surface area contributed by atoms with Crippen LogP contribution in [-0.2, 0) is 9.31 Å². The van der Waals surface area contributed by atoms with Crippen molar-refractivity contribution in [1.82, 2.24) is 0 Å². The molecule has 20 aromatic rings. The lowest BCUT2D eigenvalue weighted by atomic mass is 9.77. The maximum absolute atomic E-state index is 9.15. The van der Waals surface area contributed by atoms with Gasteiger partial charge in [0.25, 0.3) is 0 Å². The Morgan fingerprint density at radius 2 is 0.452 bits per heavy atom. The molecule has 0 N–H and O–H groups in total. The summed E-state index contributed by atoms with van der Waals surface area (Å²) in [5, 5.41) is 0. The molecule has 25 rings (SSSR count). The molecule has 0 unspecified atom stereocenters. The van der Waals surface area contributed by atoms with Crippen LogP contribution in [0.15, 0.2) is 490 Å². The number of fused-ring (bicyclic) bond motifs is 20. The van der Waals surface area contributed by atoms with Crippen LogP contribution in [0.3, 0.4) is 0 Å². The Bertz CT molecular complexity index is 8370. The van der Waals surface area contributed by atoms with E-state index in [1.807, 2.05) is 142 Å². The molecule has 0 spiro atoms. The molecule has 5 aliphatic heterocycles. The Morgan fingerprint density at radius 1 is 0.215 bits per heavy atom. The highest BCUT2D eigenvalue weighted by atomic mass is 127. The van der Waals surface area contributed by atoms with Gasteiger partial charge in [-0.15, -0.1) is 24.0 Å². The van der Waals surface area contributed by atoms with Gasteiger partial charge in [-0.05, 0) is 267 Å². The zero-order valence-electron chi connectivity index (χ0n) is 84.4. The monoisotopic (exact) mass is 1920 g/mol. The van der Waals surface area contributed by atoms with Crippen LogP contribution in [0.4, 0.5) is 68.2 Å². The zero-order chi connectivity index (χ0) is 98.7. The number of para-hydroxylation sites is 6. The molecular weight excluding hydrogens is 1820 g/mol. The highest BCUT2D eigenvalue weighted by molar-refractivity contribution is 14.0. The van der Waals surface area contributed by atoms with Crippen molar-refractivity contribution in [2.45, 2.75) is 38.9 Å². The summed E-state index contributed by atoms with van der Waals surface area (Å²) < 4.78 is 100. The third kappa shape index (κ3) is 15.8. The fourth-order valence-corrected chi connectivity index (χ4v) is 20.0. The van der Waals surface area contributed by atoms with E-state index < -0.39 is 30.4 Å². The van der Waals surface area contributed by atoms with Crippen molar-refractivity contribution in [3.63, 3.8) is 0 Å². The van der Waals surface area contributed by atoms with Crippen LogP contribution in [0.5, 0.6) is 0 Å². The molecule has 0 aliphatic carbocycles. The van der Waals surface area contributed by atoms with Crippen LogP contribution >= 0.6 is 39.9 Å². The van der Waals surface area contributed by atoms with E-state index in [0.717, 1.165) is 150 Å². The van der Waals surface area contributed by atoms with Gasteiger partial charge in [0, 0.05) is 73.2 Å². The van der Waals surface area contributed by atoms with E-state index in [1.165, 1.54) is 50.2 Å². The predicted octanol–water partition coefficient (Wildman–Crippen LogP) is 35.8. The van der Waals surface area contributed by atoms with Gasteiger partial charge in [-0.25, -0.2) is 0 Å². The molecule has 0 atom stereocenters. The molecule has 1 saturated heterocycles. The minimum absolute atomic E-state index is 0. The van der Waals surface area contributed by atoms with Crippen molar-refractivity contribution in [2.24, 2.45) is 0 Å². The van der Waals surface area contributed by atoms with Gasteiger partial charge in [-0.3, -0.25) is 0 Å². The average Bonchev–Trinajstić information content (AvgIpc) is 1.57. The van der Waals surface area contributed by atoms with Crippen molar-refractivity contribution in [1.29, 1.82) is 0 Å². The Balaban J connectivity index is 0.000000136. The number of rotatable bonds is 10. The molecule has 0 bridgehead atoms. The summed E-state index contributed by atoms with van der Waals surface area (Å²) in [6.45, 7) is 8.07. The first-order chi connectivity index (χ1) is 70.0. The molecule has 0 saturated carbocycles. The molecule has 0 aromatic heterocycles. The van der Waals surface area contributed by atoms with Gasteiger partial charge < -0.3 is 28.9 Å². The van der Waals surface area contributed by atoms with E-state index in [0.29, 0.717) is 11.4 Å². The third-order valence-corrected chi connectivity index (χ3v) is 27.1. The minimum atomic E-state index is -0.577. The number of benzene rings is 20. The first kappa shape index (κ1) is 74.3. The fraction of sp³-hybridized carbons (Fsp3) is 0.0476. The molecule has 0 amide bonds. The number of halogens is 2. The number of anilines is 12. The maximum atomic E-state index is 9.15. The number of hydrogen-bond donors (Lipinski definition) is 0. The second-order valence-corrected chi connectivity index (χ2v) is 35.9. The normalized spacial score (nSPS) is 14.3.